The fraction of sp³-hybridized carbons (Fsp3) is 0.238. The van der Waals surface area contributed by atoms with Gasteiger partial charge in [0, 0.05) is 5.92 Å². The second-order valence-corrected chi connectivity index (χ2v) is 6.67. The van der Waals surface area contributed by atoms with Crippen LogP contribution < -0.4 is 11.1 Å². The number of ether oxygens (including phenoxy) is 1. The number of nitrogens with one attached hydrogen (secondary N) is 1. The van der Waals surface area contributed by atoms with Crippen LogP contribution in [-0.2, 0) is 19.1 Å². The molecule has 1 amide bonds. The predicted octanol–water partition coefficient (Wildman–Crippen LogP) is 1.47. The molecule has 0 fully saturated rings. The number of fused-ring (bicyclic) bond motifs is 3. The van der Waals surface area contributed by atoms with Gasteiger partial charge in [0.05, 0.1) is 19.0 Å². The molecule has 0 saturated carbocycles. The SMILES string of the molecule is N[C@@H](CC(=O)O)C(=O)C(=O)CNC(=O)OCC1c2ccccc2-c2ccccc21. The Morgan fingerprint density at radius 1 is 1.00 bits per heavy atom. The van der Waals surface area contributed by atoms with Crippen molar-refractivity contribution >= 4 is 23.6 Å². The van der Waals surface area contributed by atoms with Gasteiger partial charge in [-0.05, 0) is 22.3 Å². The van der Waals surface area contributed by atoms with E-state index in [9.17, 15) is 19.2 Å². The van der Waals surface area contributed by atoms with E-state index in [1.165, 1.54) is 0 Å². The third-order valence-corrected chi connectivity index (χ3v) is 4.74. The first kappa shape index (κ1) is 20.2. The Bertz CT molecular complexity index is 926. The van der Waals surface area contributed by atoms with Gasteiger partial charge in [-0.2, -0.15) is 0 Å². The summed E-state index contributed by atoms with van der Waals surface area (Å²) in [6.45, 7) is -0.538. The number of hydrogen-bond donors (Lipinski definition) is 3. The maximum atomic E-state index is 12.0. The number of carbonyl (C=O) groups excluding carboxylic acids is 3. The van der Waals surface area contributed by atoms with Crippen LogP contribution in [0.5, 0.6) is 0 Å². The highest BCUT2D eigenvalue weighted by molar-refractivity contribution is 6.40. The van der Waals surface area contributed by atoms with Crippen LogP contribution in [0.4, 0.5) is 4.79 Å². The van der Waals surface area contributed by atoms with E-state index in [-0.39, 0.29) is 12.5 Å². The van der Waals surface area contributed by atoms with Crippen molar-refractivity contribution in [2.45, 2.75) is 18.4 Å². The molecule has 8 heteroatoms. The number of Topliss-reactive ketones (excluding diaryl/α,β-unsaturated/α-hetero) is 2. The van der Waals surface area contributed by atoms with Gasteiger partial charge in [-0.3, -0.25) is 14.4 Å². The van der Waals surface area contributed by atoms with Crippen molar-refractivity contribution in [1.29, 1.82) is 0 Å². The molecule has 29 heavy (non-hydrogen) atoms. The molecule has 0 saturated heterocycles. The highest BCUT2D eigenvalue weighted by Gasteiger charge is 2.29. The molecule has 0 aliphatic heterocycles. The summed E-state index contributed by atoms with van der Waals surface area (Å²) in [4.78, 5) is 46.0. The van der Waals surface area contributed by atoms with Crippen molar-refractivity contribution in [2.24, 2.45) is 5.73 Å². The molecule has 3 rings (SSSR count). The normalized spacial score (nSPS) is 13.1. The monoisotopic (exact) mass is 396 g/mol. The Morgan fingerprint density at radius 3 is 2.10 bits per heavy atom. The number of carbonyl (C=O) groups is 4. The number of amides is 1. The lowest BCUT2D eigenvalue weighted by Gasteiger charge is -2.14. The molecule has 0 bridgehead atoms. The Labute approximate surface area is 166 Å². The first-order valence-corrected chi connectivity index (χ1v) is 9.01. The number of benzene rings is 2. The third-order valence-electron chi connectivity index (χ3n) is 4.74. The molecular formula is C21H20N2O6. The number of carboxylic acid groups (broad SMARTS) is 1. The van der Waals surface area contributed by atoms with Crippen LogP contribution >= 0.6 is 0 Å². The van der Waals surface area contributed by atoms with Gasteiger partial charge >= 0.3 is 12.1 Å². The van der Waals surface area contributed by atoms with E-state index in [2.05, 4.69) is 5.32 Å². The molecule has 8 nitrogen and oxygen atoms in total. The minimum atomic E-state index is -1.44. The summed E-state index contributed by atoms with van der Waals surface area (Å²) in [5, 5.41) is 10.8. The number of rotatable bonds is 8. The van der Waals surface area contributed by atoms with Gasteiger partial charge in [-0.1, -0.05) is 48.5 Å². The third kappa shape index (κ3) is 4.49. The Hall–Kier alpha value is -3.52. The zero-order valence-electron chi connectivity index (χ0n) is 15.5. The van der Waals surface area contributed by atoms with Gasteiger partial charge in [0.1, 0.15) is 6.61 Å². The average molecular weight is 396 g/mol. The maximum Gasteiger partial charge on any atom is 0.407 e. The minimum absolute atomic E-state index is 0.0700. The van der Waals surface area contributed by atoms with Gasteiger partial charge < -0.3 is 20.9 Å². The van der Waals surface area contributed by atoms with E-state index >= 15 is 0 Å². The molecular weight excluding hydrogens is 376 g/mol. The van der Waals surface area contributed by atoms with Crippen molar-refractivity contribution in [2.75, 3.05) is 13.2 Å². The van der Waals surface area contributed by atoms with Crippen molar-refractivity contribution in [3.05, 3.63) is 59.7 Å². The summed E-state index contributed by atoms with van der Waals surface area (Å²) in [5.41, 5.74) is 9.64. The second kappa shape index (κ2) is 8.66. The molecule has 0 heterocycles. The van der Waals surface area contributed by atoms with Crippen LogP contribution in [0.1, 0.15) is 23.5 Å². The minimum Gasteiger partial charge on any atom is -0.481 e. The summed E-state index contributed by atoms with van der Waals surface area (Å²) in [6, 6.07) is 14.3. The summed E-state index contributed by atoms with van der Waals surface area (Å²) >= 11 is 0. The molecule has 1 atom stereocenters. The standard InChI is InChI=1S/C21H20N2O6/c22-17(9-19(25)26)20(27)18(24)10-23-21(28)29-11-16-14-7-3-1-5-12(14)13-6-2-4-8-15(13)16/h1-8,16-17H,9-11,22H2,(H,23,28)(H,25,26)/t17-/m0/s1. The fourth-order valence-electron chi connectivity index (χ4n) is 3.38. The summed E-state index contributed by atoms with van der Waals surface area (Å²) in [5.74, 6) is -3.45. The van der Waals surface area contributed by atoms with Crippen LogP contribution in [0, 0.1) is 0 Å². The molecule has 1 aliphatic rings. The lowest BCUT2D eigenvalue weighted by molar-refractivity contribution is -0.141. The van der Waals surface area contributed by atoms with E-state index in [4.69, 9.17) is 15.6 Å². The fourth-order valence-corrected chi connectivity index (χ4v) is 3.38. The lowest BCUT2D eigenvalue weighted by atomic mass is 9.98. The van der Waals surface area contributed by atoms with E-state index in [1.54, 1.807) is 0 Å². The van der Waals surface area contributed by atoms with Gasteiger partial charge in [0.15, 0.2) is 0 Å². The van der Waals surface area contributed by atoms with Crippen LogP contribution in [0.3, 0.4) is 0 Å². The topological polar surface area (TPSA) is 136 Å². The Morgan fingerprint density at radius 2 is 1.55 bits per heavy atom. The molecule has 1 aliphatic carbocycles. The molecule has 0 aromatic heterocycles. The predicted molar refractivity (Wildman–Crippen MR) is 103 cm³/mol. The smallest absolute Gasteiger partial charge is 0.407 e. The molecule has 0 radical (unpaired) electrons. The first-order chi connectivity index (χ1) is 13.9. The summed E-state index contributed by atoms with van der Waals surface area (Å²) < 4.78 is 5.26. The Balaban J connectivity index is 1.56. The molecule has 4 N–H and O–H groups in total. The van der Waals surface area contributed by atoms with Crippen LogP contribution in [-0.4, -0.2) is 47.9 Å². The van der Waals surface area contributed by atoms with Crippen molar-refractivity contribution < 1.29 is 29.0 Å². The van der Waals surface area contributed by atoms with Gasteiger partial charge in [-0.15, -0.1) is 0 Å². The van der Waals surface area contributed by atoms with E-state index < -0.39 is 42.6 Å². The van der Waals surface area contributed by atoms with E-state index in [0.29, 0.717) is 0 Å². The van der Waals surface area contributed by atoms with Crippen molar-refractivity contribution in [3.8, 4) is 11.1 Å². The highest BCUT2D eigenvalue weighted by atomic mass is 16.5. The van der Waals surface area contributed by atoms with Crippen LogP contribution in [0.2, 0.25) is 0 Å². The number of hydrogen-bond acceptors (Lipinski definition) is 6. The molecule has 0 unspecified atom stereocenters. The average Bonchev–Trinajstić information content (AvgIpc) is 3.03. The second-order valence-electron chi connectivity index (χ2n) is 6.67. The number of ketones is 2. The van der Waals surface area contributed by atoms with E-state index in [0.717, 1.165) is 22.3 Å². The summed E-state index contributed by atoms with van der Waals surface area (Å²) in [6.07, 6.45) is -1.50. The van der Waals surface area contributed by atoms with Gasteiger partial charge in [-0.25, -0.2) is 4.79 Å². The van der Waals surface area contributed by atoms with E-state index in [1.807, 2.05) is 48.5 Å². The van der Waals surface area contributed by atoms with Crippen molar-refractivity contribution in [3.63, 3.8) is 0 Å². The number of nitrogens with two attached hydrogens (primary N) is 1. The Kier molecular flexibility index (Phi) is 6.04. The number of alkyl carbamates (subject to hydrolysis) is 1. The maximum absolute atomic E-state index is 12.0. The molecule has 2 aromatic carbocycles. The van der Waals surface area contributed by atoms with Crippen molar-refractivity contribution in [1.82, 2.24) is 5.32 Å². The van der Waals surface area contributed by atoms with Gasteiger partial charge in [0.2, 0.25) is 11.6 Å². The zero-order chi connectivity index (χ0) is 21.0. The zero-order valence-corrected chi connectivity index (χ0v) is 15.5. The molecule has 150 valence electrons. The number of carboxylic acids is 1. The largest absolute Gasteiger partial charge is 0.481 e. The van der Waals surface area contributed by atoms with Crippen LogP contribution in [0.15, 0.2) is 48.5 Å². The quantitative estimate of drug-likeness (QED) is 0.575. The first-order valence-electron chi connectivity index (χ1n) is 9.01. The number of aliphatic carboxylic acids is 1. The van der Waals surface area contributed by atoms with Gasteiger partial charge in [0.25, 0.3) is 0 Å². The molecule has 2 aromatic rings. The lowest BCUT2D eigenvalue weighted by Crippen LogP contribution is -2.42. The molecule has 0 spiro atoms. The summed E-state index contributed by atoms with van der Waals surface area (Å²) in [7, 11) is 0. The van der Waals surface area contributed by atoms with Crippen LogP contribution in [0.25, 0.3) is 11.1 Å². The highest BCUT2D eigenvalue weighted by Crippen LogP contribution is 2.44.